The number of hydrogen-bond acceptors (Lipinski definition) is 2. The van der Waals surface area contributed by atoms with E-state index in [-0.39, 0.29) is 17.0 Å². The summed E-state index contributed by atoms with van der Waals surface area (Å²) in [7, 11) is 0. The lowest BCUT2D eigenvalue weighted by Crippen LogP contribution is -2.30. The van der Waals surface area contributed by atoms with Gasteiger partial charge in [0.15, 0.2) is 0 Å². The Morgan fingerprint density at radius 2 is 2.31 bits per heavy atom. The number of aromatic amines is 1. The maximum absolute atomic E-state index is 11.6. The van der Waals surface area contributed by atoms with Crippen molar-refractivity contribution in [1.29, 1.82) is 0 Å². The fraction of sp³-hybridized carbons (Fsp3) is 0.273. The lowest BCUT2D eigenvalue weighted by atomic mass is 10.2. The van der Waals surface area contributed by atoms with Crippen LogP contribution in [0.1, 0.15) is 23.0 Å². The van der Waals surface area contributed by atoms with Crippen LogP contribution >= 0.6 is 22.6 Å². The third-order valence-electron chi connectivity index (χ3n) is 2.04. The molecule has 0 fully saturated rings. The molecule has 1 aromatic heterocycles. The van der Waals surface area contributed by atoms with Crippen LogP contribution in [0.3, 0.4) is 0 Å². The van der Waals surface area contributed by atoms with Gasteiger partial charge in [-0.25, -0.2) is 0 Å². The second kappa shape index (κ2) is 5.83. The Balaban J connectivity index is 2.92. The Morgan fingerprint density at radius 3 is 2.94 bits per heavy atom. The zero-order chi connectivity index (χ0) is 12.1. The molecule has 0 spiro atoms. The minimum Gasteiger partial charge on any atom is -0.348 e. The van der Waals surface area contributed by atoms with Crippen molar-refractivity contribution in [1.82, 2.24) is 10.3 Å². The fourth-order valence-corrected chi connectivity index (χ4v) is 1.58. The molecule has 1 aromatic rings. The number of carbonyl (C=O) groups excluding carboxylic acids is 1. The average Bonchev–Trinajstić information content (AvgIpc) is 2.23. The summed E-state index contributed by atoms with van der Waals surface area (Å²) in [5.41, 5.74) is 0.575. The molecule has 0 bridgehead atoms. The quantitative estimate of drug-likeness (QED) is 0.652. The standard InChI is InChI=1S/C11H13IN2O2/c1-3-4-5-13-10(15)8-6-9(12)7(2)14-11(8)16/h3-4,6H,5H2,1-2H3,(H,13,15)(H,14,16)/b4-3+. The number of nitrogens with one attached hydrogen (secondary N) is 2. The average molecular weight is 332 g/mol. The predicted molar refractivity (Wildman–Crippen MR) is 71.7 cm³/mol. The van der Waals surface area contributed by atoms with E-state index in [1.54, 1.807) is 13.0 Å². The lowest BCUT2D eigenvalue weighted by molar-refractivity contribution is 0.0956. The van der Waals surface area contributed by atoms with E-state index in [4.69, 9.17) is 0 Å². The minimum absolute atomic E-state index is 0.152. The highest BCUT2D eigenvalue weighted by Crippen LogP contribution is 2.07. The smallest absolute Gasteiger partial charge is 0.261 e. The molecule has 5 heteroatoms. The van der Waals surface area contributed by atoms with Crippen LogP contribution in [0, 0.1) is 10.5 Å². The molecule has 0 unspecified atom stereocenters. The van der Waals surface area contributed by atoms with Gasteiger partial charge < -0.3 is 10.3 Å². The molecule has 2 N–H and O–H groups in total. The Labute approximate surface area is 107 Å². The number of halogens is 1. The summed E-state index contributed by atoms with van der Waals surface area (Å²) < 4.78 is 0.869. The van der Waals surface area contributed by atoms with Crippen LogP contribution in [0.2, 0.25) is 0 Å². The van der Waals surface area contributed by atoms with Gasteiger partial charge in [0.05, 0.1) is 0 Å². The Morgan fingerprint density at radius 1 is 1.62 bits per heavy atom. The highest BCUT2D eigenvalue weighted by atomic mass is 127. The fourth-order valence-electron chi connectivity index (χ4n) is 1.13. The number of amides is 1. The van der Waals surface area contributed by atoms with Crippen LogP contribution in [-0.4, -0.2) is 17.4 Å². The summed E-state index contributed by atoms with van der Waals surface area (Å²) >= 11 is 2.08. The van der Waals surface area contributed by atoms with Crippen molar-refractivity contribution >= 4 is 28.5 Å². The summed E-state index contributed by atoms with van der Waals surface area (Å²) in [5, 5.41) is 2.64. The van der Waals surface area contributed by atoms with Gasteiger partial charge in [-0.3, -0.25) is 9.59 Å². The molecule has 1 rings (SSSR count). The van der Waals surface area contributed by atoms with Gasteiger partial charge >= 0.3 is 0 Å². The topological polar surface area (TPSA) is 62.0 Å². The Bertz CT molecular complexity index is 477. The van der Waals surface area contributed by atoms with E-state index in [1.165, 1.54) is 0 Å². The van der Waals surface area contributed by atoms with Crippen molar-refractivity contribution in [2.75, 3.05) is 6.54 Å². The van der Waals surface area contributed by atoms with Crippen LogP contribution in [0.5, 0.6) is 0 Å². The van der Waals surface area contributed by atoms with Crippen molar-refractivity contribution in [3.05, 3.63) is 43.4 Å². The van der Waals surface area contributed by atoms with E-state index in [0.29, 0.717) is 6.54 Å². The van der Waals surface area contributed by atoms with Crippen molar-refractivity contribution in [2.45, 2.75) is 13.8 Å². The SMILES string of the molecule is C/C=C/CNC(=O)c1cc(I)c(C)[nH]c1=O. The van der Waals surface area contributed by atoms with E-state index in [1.807, 2.05) is 19.1 Å². The van der Waals surface area contributed by atoms with Gasteiger partial charge in [0.25, 0.3) is 11.5 Å². The van der Waals surface area contributed by atoms with E-state index >= 15 is 0 Å². The highest BCUT2D eigenvalue weighted by molar-refractivity contribution is 14.1. The molecule has 86 valence electrons. The van der Waals surface area contributed by atoms with Gasteiger partial charge in [-0.15, -0.1) is 0 Å². The maximum Gasteiger partial charge on any atom is 0.261 e. The minimum atomic E-state index is -0.351. The van der Waals surface area contributed by atoms with Gasteiger partial charge in [0.2, 0.25) is 0 Å². The molecule has 0 saturated carbocycles. The van der Waals surface area contributed by atoms with E-state index < -0.39 is 0 Å². The number of carbonyl (C=O) groups is 1. The zero-order valence-electron chi connectivity index (χ0n) is 9.13. The molecule has 1 amide bonds. The second-order valence-corrected chi connectivity index (χ2v) is 4.43. The first-order chi connectivity index (χ1) is 7.56. The van der Waals surface area contributed by atoms with E-state index in [9.17, 15) is 9.59 Å². The predicted octanol–water partition coefficient (Wildman–Crippen LogP) is 1.59. The maximum atomic E-state index is 11.6. The van der Waals surface area contributed by atoms with E-state index in [2.05, 4.69) is 32.9 Å². The van der Waals surface area contributed by atoms with Crippen LogP contribution < -0.4 is 10.9 Å². The van der Waals surface area contributed by atoms with Gasteiger partial charge in [-0.2, -0.15) is 0 Å². The molecule has 1 heterocycles. The number of pyridine rings is 1. The van der Waals surface area contributed by atoms with Gasteiger partial charge in [-0.1, -0.05) is 12.2 Å². The molecule has 0 aromatic carbocycles. The molecule has 16 heavy (non-hydrogen) atoms. The Kier molecular flexibility index (Phi) is 4.72. The van der Waals surface area contributed by atoms with E-state index in [0.717, 1.165) is 9.26 Å². The number of aryl methyl sites for hydroxylation is 1. The molecule has 0 aliphatic rings. The normalized spacial score (nSPS) is 10.7. The Hall–Kier alpha value is -1.11. The summed E-state index contributed by atoms with van der Waals surface area (Å²) in [6.07, 6.45) is 3.65. The highest BCUT2D eigenvalue weighted by Gasteiger charge is 2.11. The van der Waals surface area contributed by atoms with Crippen LogP contribution in [-0.2, 0) is 0 Å². The van der Waals surface area contributed by atoms with Crippen molar-refractivity contribution < 1.29 is 4.79 Å². The molecule has 0 radical (unpaired) electrons. The monoisotopic (exact) mass is 332 g/mol. The van der Waals surface area contributed by atoms with Crippen molar-refractivity contribution in [2.24, 2.45) is 0 Å². The number of hydrogen-bond donors (Lipinski definition) is 2. The van der Waals surface area contributed by atoms with Crippen molar-refractivity contribution in [3.8, 4) is 0 Å². The zero-order valence-corrected chi connectivity index (χ0v) is 11.3. The number of allylic oxidation sites excluding steroid dienone is 1. The first-order valence-corrected chi connectivity index (χ1v) is 5.93. The summed E-state index contributed by atoms with van der Waals surface area (Å²) in [6, 6.07) is 1.60. The third-order valence-corrected chi connectivity index (χ3v) is 3.16. The third kappa shape index (κ3) is 3.19. The van der Waals surface area contributed by atoms with Crippen LogP contribution in [0.25, 0.3) is 0 Å². The second-order valence-electron chi connectivity index (χ2n) is 3.26. The van der Waals surface area contributed by atoms with Crippen molar-refractivity contribution in [3.63, 3.8) is 0 Å². The number of aromatic nitrogens is 1. The first-order valence-electron chi connectivity index (χ1n) is 4.85. The molecule has 0 saturated heterocycles. The molecular weight excluding hydrogens is 319 g/mol. The van der Waals surface area contributed by atoms with Gasteiger partial charge in [0.1, 0.15) is 5.56 Å². The molecule has 0 atom stereocenters. The molecule has 0 aliphatic carbocycles. The van der Waals surface area contributed by atoms with Gasteiger partial charge in [0, 0.05) is 15.8 Å². The van der Waals surface area contributed by atoms with Crippen LogP contribution in [0.4, 0.5) is 0 Å². The van der Waals surface area contributed by atoms with Crippen LogP contribution in [0.15, 0.2) is 23.0 Å². The molecule has 0 aliphatic heterocycles. The number of rotatable bonds is 3. The molecule has 4 nitrogen and oxygen atoms in total. The first kappa shape index (κ1) is 13.0. The largest absolute Gasteiger partial charge is 0.348 e. The lowest BCUT2D eigenvalue weighted by Gasteiger charge is -2.03. The number of H-pyrrole nitrogens is 1. The van der Waals surface area contributed by atoms with Gasteiger partial charge in [-0.05, 0) is 42.5 Å². The summed E-state index contributed by atoms with van der Waals surface area (Å²) in [4.78, 5) is 25.8. The molecular formula is C11H13IN2O2. The summed E-state index contributed by atoms with van der Waals surface area (Å²) in [5.74, 6) is -0.350. The summed E-state index contributed by atoms with van der Waals surface area (Å²) in [6.45, 7) is 4.09.